The number of hydrogen-bond acceptors (Lipinski definition) is 6. The van der Waals surface area contributed by atoms with Gasteiger partial charge >= 0.3 is 0 Å². The molecule has 7 heteroatoms. The molecule has 0 radical (unpaired) electrons. The summed E-state index contributed by atoms with van der Waals surface area (Å²) in [5, 5.41) is 2.00. The van der Waals surface area contributed by atoms with Gasteiger partial charge in [-0.2, -0.15) is 0 Å². The van der Waals surface area contributed by atoms with Gasteiger partial charge in [-0.25, -0.2) is 14.4 Å². The van der Waals surface area contributed by atoms with Crippen LogP contribution in [0.4, 0.5) is 14.7 Å². The number of fused-ring (bicyclic) bond motifs is 2. The van der Waals surface area contributed by atoms with Crippen LogP contribution in [0.5, 0.6) is 0 Å². The summed E-state index contributed by atoms with van der Waals surface area (Å²) in [6, 6.07) is 9.53. The molecule has 0 saturated carbocycles. The molecule has 2 aromatic carbocycles. The van der Waals surface area contributed by atoms with Gasteiger partial charge in [-0.15, -0.1) is 0 Å². The molecule has 0 N–H and O–H groups in total. The zero-order valence-corrected chi connectivity index (χ0v) is 16.8. The molecule has 0 spiro atoms. The van der Waals surface area contributed by atoms with Crippen molar-refractivity contribution in [3.8, 4) is 0 Å². The second-order valence-corrected chi connectivity index (χ2v) is 8.97. The van der Waals surface area contributed by atoms with Crippen molar-refractivity contribution in [1.29, 1.82) is 0 Å². The van der Waals surface area contributed by atoms with Crippen molar-refractivity contribution in [2.24, 2.45) is 0 Å². The Kier molecular flexibility index (Phi) is 4.02. The van der Waals surface area contributed by atoms with Gasteiger partial charge in [-0.1, -0.05) is 34.8 Å². The fourth-order valence-corrected chi connectivity index (χ4v) is 5.73. The summed E-state index contributed by atoms with van der Waals surface area (Å²) < 4.78 is 16.1. The molecule has 5 rings (SSSR count). The third kappa shape index (κ3) is 2.95. The van der Waals surface area contributed by atoms with Crippen LogP contribution in [-0.2, 0) is 0 Å². The molecular weight excluding hydrogens is 379 g/mol. The zero-order valence-electron chi connectivity index (χ0n) is 15.2. The maximum absolute atomic E-state index is 13.9. The van der Waals surface area contributed by atoms with E-state index in [1.54, 1.807) is 28.7 Å². The predicted molar refractivity (Wildman–Crippen MR) is 113 cm³/mol. The number of nitrogens with zero attached hydrogens (tertiary/aromatic N) is 4. The first-order valence-corrected chi connectivity index (χ1v) is 10.6. The fraction of sp³-hybridized carbons (Fsp3) is 0.300. The van der Waals surface area contributed by atoms with Gasteiger partial charge in [0.2, 0.25) is 0 Å². The van der Waals surface area contributed by atoms with Crippen LogP contribution in [0, 0.1) is 19.7 Å². The third-order valence-electron chi connectivity index (χ3n) is 4.99. The Morgan fingerprint density at radius 3 is 2.33 bits per heavy atom. The van der Waals surface area contributed by atoms with E-state index in [0.29, 0.717) is 5.52 Å². The van der Waals surface area contributed by atoms with Gasteiger partial charge in [0.05, 0.1) is 14.9 Å². The molecule has 0 bridgehead atoms. The van der Waals surface area contributed by atoms with Gasteiger partial charge in [-0.3, -0.25) is 0 Å². The van der Waals surface area contributed by atoms with Gasteiger partial charge in [0.25, 0.3) is 0 Å². The molecule has 4 aromatic rings. The van der Waals surface area contributed by atoms with E-state index in [2.05, 4.69) is 40.8 Å². The van der Waals surface area contributed by atoms with Gasteiger partial charge < -0.3 is 9.80 Å². The van der Waals surface area contributed by atoms with Gasteiger partial charge in [0.15, 0.2) is 10.3 Å². The number of hydrogen-bond donors (Lipinski definition) is 0. The maximum Gasteiger partial charge on any atom is 0.186 e. The molecule has 3 heterocycles. The average molecular weight is 399 g/mol. The number of benzene rings is 2. The van der Waals surface area contributed by atoms with Crippen LogP contribution in [0.1, 0.15) is 11.1 Å². The molecule has 1 saturated heterocycles. The van der Waals surface area contributed by atoms with Crippen LogP contribution < -0.4 is 9.80 Å². The summed E-state index contributed by atoms with van der Waals surface area (Å²) in [5.74, 6) is -0.242. The third-order valence-corrected chi connectivity index (χ3v) is 7.34. The lowest BCUT2D eigenvalue weighted by Crippen LogP contribution is -2.46. The van der Waals surface area contributed by atoms with E-state index >= 15 is 0 Å². The van der Waals surface area contributed by atoms with E-state index in [0.717, 1.165) is 46.7 Å². The number of aromatic nitrogens is 2. The molecule has 138 valence electrons. The van der Waals surface area contributed by atoms with E-state index in [1.165, 1.54) is 21.9 Å². The number of thiazole rings is 2. The highest BCUT2D eigenvalue weighted by molar-refractivity contribution is 7.22. The number of rotatable bonds is 2. The first-order valence-electron chi connectivity index (χ1n) is 9.01. The molecule has 0 atom stereocenters. The Labute approximate surface area is 164 Å². The van der Waals surface area contributed by atoms with Crippen LogP contribution in [0.2, 0.25) is 0 Å². The van der Waals surface area contributed by atoms with Gasteiger partial charge in [-0.05, 0) is 43.2 Å². The van der Waals surface area contributed by atoms with Crippen molar-refractivity contribution in [3.63, 3.8) is 0 Å². The molecule has 4 nitrogen and oxygen atoms in total. The summed E-state index contributed by atoms with van der Waals surface area (Å²) in [7, 11) is 0. The molecule has 0 unspecified atom stereocenters. The first-order chi connectivity index (χ1) is 13.1. The Balaban J connectivity index is 1.36. The Hall–Kier alpha value is -2.25. The van der Waals surface area contributed by atoms with Crippen molar-refractivity contribution in [2.75, 3.05) is 36.0 Å². The maximum atomic E-state index is 13.9. The van der Waals surface area contributed by atoms with Crippen molar-refractivity contribution in [2.45, 2.75) is 13.8 Å². The highest BCUT2D eigenvalue weighted by Gasteiger charge is 2.23. The van der Waals surface area contributed by atoms with Gasteiger partial charge in [0, 0.05) is 26.2 Å². The zero-order chi connectivity index (χ0) is 18.5. The van der Waals surface area contributed by atoms with Crippen molar-refractivity contribution in [1.82, 2.24) is 9.97 Å². The average Bonchev–Trinajstić information content (AvgIpc) is 3.27. The smallest absolute Gasteiger partial charge is 0.186 e. The number of piperazine rings is 1. The van der Waals surface area contributed by atoms with E-state index in [4.69, 9.17) is 4.98 Å². The SMILES string of the molecule is Cc1cc(C)c2sc(N3CCN(c4nc5c(F)cccc5s4)CC3)nc2c1. The van der Waals surface area contributed by atoms with Crippen molar-refractivity contribution < 1.29 is 4.39 Å². The Bertz CT molecular complexity index is 1140. The highest BCUT2D eigenvalue weighted by Crippen LogP contribution is 2.34. The second-order valence-electron chi connectivity index (χ2n) is 6.98. The molecule has 1 aliphatic rings. The Morgan fingerprint density at radius 2 is 1.63 bits per heavy atom. The lowest BCUT2D eigenvalue weighted by Gasteiger charge is -2.34. The number of halogens is 1. The summed E-state index contributed by atoms with van der Waals surface area (Å²) in [4.78, 5) is 14.0. The summed E-state index contributed by atoms with van der Waals surface area (Å²) in [6.07, 6.45) is 0. The second kappa shape index (κ2) is 6.42. The van der Waals surface area contributed by atoms with E-state index in [-0.39, 0.29) is 5.82 Å². The number of anilines is 2. The molecule has 0 amide bonds. The molecule has 27 heavy (non-hydrogen) atoms. The topological polar surface area (TPSA) is 32.3 Å². The molecular formula is C20H19FN4S2. The molecule has 1 fully saturated rings. The summed E-state index contributed by atoms with van der Waals surface area (Å²) >= 11 is 3.34. The minimum atomic E-state index is -0.242. The van der Waals surface area contributed by atoms with Crippen LogP contribution in [0.3, 0.4) is 0 Å². The predicted octanol–water partition coefficient (Wildman–Crippen LogP) is 4.99. The summed E-state index contributed by atoms with van der Waals surface area (Å²) in [5.41, 5.74) is 4.13. The van der Waals surface area contributed by atoms with Crippen LogP contribution in [0.25, 0.3) is 20.4 Å². The largest absolute Gasteiger partial charge is 0.345 e. The lowest BCUT2D eigenvalue weighted by molar-refractivity contribution is 0.635. The van der Waals surface area contributed by atoms with Gasteiger partial charge in [0.1, 0.15) is 11.3 Å². The standard InChI is InChI=1S/C20H19FN4S2/c1-12-10-13(2)18-15(11-12)22-19(27-18)24-6-8-25(9-7-24)20-23-17-14(21)4-3-5-16(17)26-20/h3-5,10-11H,6-9H2,1-2H3. The molecule has 0 aliphatic carbocycles. The quantitative estimate of drug-likeness (QED) is 0.476. The monoisotopic (exact) mass is 398 g/mol. The molecule has 1 aliphatic heterocycles. The minimum Gasteiger partial charge on any atom is -0.345 e. The van der Waals surface area contributed by atoms with Crippen molar-refractivity contribution in [3.05, 3.63) is 47.3 Å². The lowest BCUT2D eigenvalue weighted by atomic mass is 10.1. The Morgan fingerprint density at radius 1 is 0.926 bits per heavy atom. The summed E-state index contributed by atoms with van der Waals surface area (Å²) in [6.45, 7) is 7.81. The normalized spacial score (nSPS) is 15.2. The van der Waals surface area contributed by atoms with E-state index in [1.807, 2.05) is 6.07 Å². The van der Waals surface area contributed by atoms with Crippen molar-refractivity contribution >= 4 is 53.4 Å². The van der Waals surface area contributed by atoms with E-state index in [9.17, 15) is 4.39 Å². The molecule has 2 aromatic heterocycles. The fourth-order valence-electron chi connectivity index (χ4n) is 3.63. The van der Waals surface area contributed by atoms with Crippen LogP contribution in [0.15, 0.2) is 30.3 Å². The highest BCUT2D eigenvalue weighted by atomic mass is 32.1. The number of aryl methyl sites for hydroxylation is 2. The van der Waals surface area contributed by atoms with Crippen LogP contribution >= 0.6 is 22.7 Å². The number of para-hydroxylation sites is 1. The first kappa shape index (κ1) is 16.9. The van der Waals surface area contributed by atoms with E-state index < -0.39 is 0 Å². The van der Waals surface area contributed by atoms with Crippen LogP contribution in [-0.4, -0.2) is 36.1 Å². The minimum absolute atomic E-state index is 0.242.